The van der Waals surface area contributed by atoms with Gasteiger partial charge in [-0.05, 0) is 59.8 Å². The Labute approximate surface area is 204 Å². The van der Waals surface area contributed by atoms with Crippen molar-refractivity contribution in [1.29, 1.82) is 0 Å². The lowest BCUT2D eigenvalue weighted by atomic mass is 9.81. The maximum absolute atomic E-state index is 13.4. The molecule has 0 spiro atoms. The lowest BCUT2D eigenvalue weighted by molar-refractivity contribution is -0.149. The van der Waals surface area contributed by atoms with E-state index in [2.05, 4.69) is 29.6 Å². The van der Waals surface area contributed by atoms with Gasteiger partial charge in [0.05, 0.1) is 5.41 Å². The number of hydrogen-bond donors (Lipinski definition) is 2. The highest BCUT2D eigenvalue weighted by Crippen LogP contribution is 2.49. The number of nitrogens with one attached hydrogen (secondary N) is 1. The van der Waals surface area contributed by atoms with Crippen molar-refractivity contribution in [2.45, 2.75) is 44.1 Å². The number of carboxylic acids is 1. The number of benzene rings is 2. The van der Waals surface area contributed by atoms with Crippen LogP contribution in [0.1, 0.15) is 49.1 Å². The smallest absolute Gasteiger partial charge is 0.407 e. The lowest BCUT2D eigenvalue weighted by Gasteiger charge is -2.26. The molecule has 2 saturated carbocycles. The Bertz CT molecular complexity index is 1150. The van der Waals surface area contributed by atoms with E-state index in [0.717, 1.165) is 47.9 Å². The summed E-state index contributed by atoms with van der Waals surface area (Å²) in [5, 5.41) is 12.7. The highest BCUT2D eigenvalue weighted by atomic mass is 16.5. The summed E-state index contributed by atoms with van der Waals surface area (Å²) in [6.45, 7) is 0.890. The number of carboxylic acid groups (broad SMARTS) is 1. The monoisotopic (exact) mass is 474 g/mol. The van der Waals surface area contributed by atoms with E-state index >= 15 is 0 Å². The SMILES string of the molecule is O=C(NC(C(=O)N1CC2CCCC2(C(=O)O)C1)C1CC1)OCC1c2ccccc2-c2ccccc21. The zero-order valence-electron chi connectivity index (χ0n) is 19.6. The molecule has 1 aliphatic heterocycles. The normalized spacial score (nSPS) is 25.5. The molecule has 3 aliphatic carbocycles. The average molecular weight is 475 g/mol. The Morgan fingerprint density at radius 1 is 1.03 bits per heavy atom. The molecule has 0 radical (unpaired) electrons. The first-order chi connectivity index (χ1) is 17.0. The molecule has 0 bridgehead atoms. The quantitative estimate of drug-likeness (QED) is 0.659. The molecular formula is C28H30N2O5. The predicted octanol–water partition coefficient (Wildman–Crippen LogP) is 4.02. The van der Waals surface area contributed by atoms with Crippen LogP contribution in [0.4, 0.5) is 4.79 Å². The fourth-order valence-electron chi connectivity index (χ4n) is 6.58. The van der Waals surface area contributed by atoms with Crippen molar-refractivity contribution in [3.05, 3.63) is 59.7 Å². The zero-order valence-corrected chi connectivity index (χ0v) is 19.6. The summed E-state index contributed by atoms with van der Waals surface area (Å²) < 4.78 is 5.68. The molecule has 2 aromatic rings. The van der Waals surface area contributed by atoms with Crippen LogP contribution in [0.25, 0.3) is 11.1 Å². The fraction of sp³-hybridized carbons (Fsp3) is 0.464. The minimum atomic E-state index is -0.826. The molecule has 3 atom stereocenters. The van der Waals surface area contributed by atoms with E-state index in [0.29, 0.717) is 13.0 Å². The number of fused-ring (bicyclic) bond motifs is 4. The molecular weight excluding hydrogens is 444 g/mol. The molecule has 2 aromatic carbocycles. The van der Waals surface area contributed by atoms with Gasteiger partial charge in [-0.3, -0.25) is 9.59 Å². The van der Waals surface area contributed by atoms with E-state index < -0.39 is 23.5 Å². The molecule has 1 heterocycles. The molecule has 0 aromatic heterocycles. The van der Waals surface area contributed by atoms with Gasteiger partial charge in [-0.2, -0.15) is 0 Å². The molecule has 6 rings (SSSR count). The van der Waals surface area contributed by atoms with Crippen molar-refractivity contribution in [2.24, 2.45) is 17.3 Å². The minimum Gasteiger partial charge on any atom is -0.481 e. The van der Waals surface area contributed by atoms with E-state index in [9.17, 15) is 19.5 Å². The van der Waals surface area contributed by atoms with Gasteiger partial charge >= 0.3 is 12.1 Å². The Morgan fingerprint density at radius 3 is 2.29 bits per heavy atom. The molecule has 2 N–H and O–H groups in total. The molecule has 4 aliphatic rings. The van der Waals surface area contributed by atoms with Crippen LogP contribution in [-0.2, 0) is 14.3 Å². The van der Waals surface area contributed by atoms with Crippen LogP contribution in [0.2, 0.25) is 0 Å². The van der Waals surface area contributed by atoms with Crippen molar-refractivity contribution < 1.29 is 24.2 Å². The first-order valence-corrected chi connectivity index (χ1v) is 12.6. The summed E-state index contributed by atoms with van der Waals surface area (Å²) in [5.74, 6) is -0.933. The number of likely N-dealkylation sites (tertiary alicyclic amines) is 1. The molecule has 35 heavy (non-hydrogen) atoms. The summed E-state index contributed by atoms with van der Waals surface area (Å²) in [5.41, 5.74) is 3.77. The molecule has 2 amide bonds. The third-order valence-corrected chi connectivity index (χ3v) is 8.58. The second kappa shape index (κ2) is 8.40. The van der Waals surface area contributed by atoms with Gasteiger partial charge in [-0.1, -0.05) is 55.0 Å². The van der Waals surface area contributed by atoms with E-state index in [1.54, 1.807) is 4.90 Å². The first-order valence-electron chi connectivity index (χ1n) is 12.6. The van der Waals surface area contributed by atoms with E-state index in [4.69, 9.17) is 4.74 Å². The molecule has 3 fully saturated rings. The molecule has 7 heteroatoms. The van der Waals surface area contributed by atoms with Gasteiger partial charge in [0.2, 0.25) is 5.91 Å². The Hall–Kier alpha value is -3.35. The molecule has 182 valence electrons. The number of ether oxygens (including phenoxy) is 1. The van der Waals surface area contributed by atoms with Crippen molar-refractivity contribution in [3.8, 4) is 11.1 Å². The summed E-state index contributed by atoms with van der Waals surface area (Å²) in [7, 11) is 0. The third-order valence-electron chi connectivity index (χ3n) is 8.58. The molecule has 3 unspecified atom stereocenters. The summed E-state index contributed by atoms with van der Waals surface area (Å²) in [4.78, 5) is 40.0. The van der Waals surface area contributed by atoms with Crippen LogP contribution in [0.3, 0.4) is 0 Å². The van der Waals surface area contributed by atoms with E-state index in [1.807, 2.05) is 24.3 Å². The van der Waals surface area contributed by atoms with Crippen LogP contribution in [0, 0.1) is 17.3 Å². The van der Waals surface area contributed by atoms with Crippen molar-refractivity contribution in [1.82, 2.24) is 10.2 Å². The Balaban J connectivity index is 1.13. The fourth-order valence-corrected chi connectivity index (χ4v) is 6.58. The average Bonchev–Trinajstić information content (AvgIpc) is 3.39. The van der Waals surface area contributed by atoms with Gasteiger partial charge < -0.3 is 20.1 Å². The maximum atomic E-state index is 13.4. The summed E-state index contributed by atoms with van der Waals surface area (Å²) >= 11 is 0. The predicted molar refractivity (Wildman–Crippen MR) is 129 cm³/mol. The highest BCUT2D eigenvalue weighted by molar-refractivity contribution is 5.88. The van der Waals surface area contributed by atoms with Gasteiger partial charge in [-0.25, -0.2) is 4.79 Å². The lowest BCUT2D eigenvalue weighted by Crippen LogP contribution is -2.50. The van der Waals surface area contributed by atoms with Gasteiger partial charge in [-0.15, -0.1) is 0 Å². The van der Waals surface area contributed by atoms with Crippen LogP contribution in [0.5, 0.6) is 0 Å². The number of rotatable bonds is 6. The highest BCUT2D eigenvalue weighted by Gasteiger charge is 2.57. The Kier molecular flexibility index (Phi) is 5.31. The second-order valence-electron chi connectivity index (χ2n) is 10.6. The topological polar surface area (TPSA) is 95.9 Å². The van der Waals surface area contributed by atoms with Gasteiger partial charge in [0, 0.05) is 19.0 Å². The van der Waals surface area contributed by atoms with E-state index in [1.165, 1.54) is 0 Å². The number of alkyl carbamates (subject to hydrolysis) is 1. The maximum Gasteiger partial charge on any atom is 0.407 e. The van der Waals surface area contributed by atoms with Gasteiger partial charge in [0.1, 0.15) is 12.6 Å². The number of carbonyl (C=O) groups excluding carboxylic acids is 2. The van der Waals surface area contributed by atoms with Crippen LogP contribution in [0.15, 0.2) is 48.5 Å². The number of hydrogen-bond acceptors (Lipinski definition) is 4. The molecule has 7 nitrogen and oxygen atoms in total. The van der Waals surface area contributed by atoms with Crippen LogP contribution < -0.4 is 5.32 Å². The standard InChI is InChI=1S/C28H30N2O5/c31-25(30-14-18-6-5-13-28(18,16-30)26(32)33)24(17-11-12-17)29-27(34)35-15-23-21-9-3-1-7-19(21)20-8-2-4-10-22(20)23/h1-4,7-10,17-18,23-24H,5-6,11-16H2,(H,29,34)(H,32,33). The molecule has 1 saturated heterocycles. The van der Waals surface area contributed by atoms with Crippen molar-refractivity contribution in [3.63, 3.8) is 0 Å². The number of amides is 2. The van der Waals surface area contributed by atoms with Crippen LogP contribution >= 0.6 is 0 Å². The summed E-state index contributed by atoms with van der Waals surface area (Å²) in [6.07, 6.45) is 3.50. The first kappa shape index (κ1) is 22.1. The van der Waals surface area contributed by atoms with Gasteiger partial charge in [0.15, 0.2) is 0 Å². The largest absolute Gasteiger partial charge is 0.481 e. The number of aliphatic carboxylic acids is 1. The number of nitrogens with zero attached hydrogens (tertiary/aromatic N) is 1. The van der Waals surface area contributed by atoms with Crippen molar-refractivity contribution in [2.75, 3.05) is 19.7 Å². The van der Waals surface area contributed by atoms with Crippen molar-refractivity contribution >= 4 is 18.0 Å². The Morgan fingerprint density at radius 2 is 1.69 bits per heavy atom. The van der Waals surface area contributed by atoms with Gasteiger partial charge in [0.25, 0.3) is 0 Å². The third kappa shape index (κ3) is 3.68. The second-order valence-corrected chi connectivity index (χ2v) is 10.6. The number of carbonyl (C=O) groups is 3. The van der Waals surface area contributed by atoms with Crippen LogP contribution in [-0.4, -0.2) is 53.7 Å². The summed E-state index contributed by atoms with van der Waals surface area (Å²) in [6, 6.07) is 15.7. The van der Waals surface area contributed by atoms with E-state index in [-0.39, 0.29) is 36.8 Å². The zero-order chi connectivity index (χ0) is 24.2. The minimum absolute atomic E-state index is 0.00161.